The second-order valence-electron chi connectivity index (χ2n) is 5.34. The van der Waals surface area contributed by atoms with Gasteiger partial charge in [0, 0.05) is 23.3 Å². The molecule has 4 heteroatoms. The summed E-state index contributed by atoms with van der Waals surface area (Å²) in [5, 5.41) is 3.68. The number of nitrogens with one attached hydrogen (secondary N) is 1. The van der Waals surface area contributed by atoms with Crippen LogP contribution in [0.4, 0.5) is 10.5 Å². The van der Waals surface area contributed by atoms with Gasteiger partial charge in [-0.05, 0) is 42.7 Å². The van der Waals surface area contributed by atoms with Crippen molar-refractivity contribution >= 4 is 23.3 Å². The molecular formula is C17H17ClN2O. The molecule has 1 unspecified atom stereocenters. The summed E-state index contributed by atoms with van der Waals surface area (Å²) in [7, 11) is 0. The van der Waals surface area contributed by atoms with Crippen molar-refractivity contribution in [3.8, 4) is 0 Å². The van der Waals surface area contributed by atoms with Crippen LogP contribution in [0.1, 0.15) is 18.1 Å². The summed E-state index contributed by atoms with van der Waals surface area (Å²) in [4.78, 5) is 14.3. The van der Waals surface area contributed by atoms with E-state index in [-0.39, 0.29) is 12.1 Å². The molecule has 0 saturated carbocycles. The minimum Gasteiger partial charge on any atom is -0.334 e. The summed E-state index contributed by atoms with van der Waals surface area (Å²) in [6.45, 7) is 2.57. The predicted octanol–water partition coefficient (Wildman–Crippen LogP) is 4.00. The van der Waals surface area contributed by atoms with E-state index in [1.807, 2.05) is 47.4 Å². The van der Waals surface area contributed by atoms with Gasteiger partial charge in [0.05, 0.1) is 0 Å². The van der Waals surface area contributed by atoms with Crippen molar-refractivity contribution < 1.29 is 4.79 Å². The maximum atomic E-state index is 12.4. The minimum absolute atomic E-state index is 0.0533. The Balaban J connectivity index is 1.70. The lowest BCUT2D eigenvalue weighted by Gasteiger charge is -2.23. The van der Waals surface area contributed by atoms with E-state index in [9.17, 15) is 4.79 Å². The molecule has 2 aromatic carbocycles. The molecule has 1 aliphatic rings. The summed E-state index contributed by atoms with van der Waals surface area (Å²) >= 11 is 5.86. The van der Waals surface area contributed by atoms with Crippen LogP contribution < -0.4 is 10.2 Å². The molecule has 2 amide bonds. The van der Waals surface area contributed by atoms with E-state index < -0.39 is 0 Å². The van der Waals surface area contributed by atoms with Crippen molar-refractivity contribution in [1.29, 1.82) is 0 Å². The third-order valence-electron chi connectivity index (χ3n) is 3.78. The summed E-state index contributed by atoms with van der Waals surface area (Å²) in [6.07, 6.45) is 0.907. The highest BCUT2D eigenvalue weighted by Crippen LogP contribution is 2.31. The number of rotatable bonds is 2. The van der Waals surface area contributed by atoms with Gasteiger partial charge >= 0.3 is 6.03 Å². The number of benzene rings is 2. The van der Waals surface area contributed by atoms with E-state index in [4.69, 9.17) is 11.6 Å². The predicted molar refractivity (Wildman–Crippen MR) is 85.8 cm³/mol. The van der Waals surface area contributed by atoms with E-state index >= 15 is 0 Å². The van der Waals surface area contributed by atoms with Crippen LogP contribution in [0.15, 0.2) is 48.5 Å². The lowest BCUT2D eigenvalue weighted by molar-refractivity contribution is 0.244. The Labute approximate surface area is 129 Å². The standard InChI is InChI=1S/C17H17ClN2O/c1-12-10-14-4-2-3-5-16(14)20(12)17(21)19-11-13-6-8-15(18)9-7-13/h2-9,12H,10-11H2,1H3,(H,19,21). The molecule has 0 bridgehead atoms. The number of carbonyl (C=O) groups is 1. The summed E-state index contributed by atoms with van der Waals surface area (Å²) < 4.78 is 0. The molecule has 0 spiro atoms. The summed E-state index contributed by atoms with van der Waals surface area (Å²) in [5.74, 6) is 0. The second-order valence-corrected chi connectivity index (χ2v) is 5.77. The van der Waals surface area contributed by atoms with Gasteiger partial charge < -0.3 is 5.32 Å². The highest BCUT2D eigenvalue weighted by molar-refractivity contribution is 6.30. The Morgan fingerprint density at radius 1 is 1.24 bits per heavy atom. The molecule has 0 fully saturated rings. The molecule has 1 aliphatic heterocycles. The van der Waals surface area contributed by atoms with Gasteiger partial charge in [0.1, 0.15) is 0 Å². The van der Waals surface area contributed by atoms with Gasteiger partial charge in [-0.15, -0.1) is 0 Å². The number of para-hydroxylation sites is 1. The zero-order chi connectivity index (χ0) is 14.8. The number of fused-ring (bicyclic) bond motifs is 1. The molecule has 2 aromatic rings. The normalized spacial score (nSPS) is 16.7. The largest absolute Gasteiger partial charge is 0.334 e. The summed E-state index contributed by atoms with van der Waals surface area (Å²) in [6, 6.07) is 15.7. The molecule has 0 radical (unpaired) electrons. The van der Waals surface area contributed by atoms with Crippen molar-refractivity contribution in [2.75, 3.05) is 4.90 Å². The van der Waals surface area contributed by atoms with Crippen LogP contribution in [-0.2, 0) is 13.0 Å². The first-order chi connectivity index (χ1) is 10.1. The first kappa shape index (κ1) is 14.0. The smallest absolute Gasteiger partial charge is 0.322 e. The highest BCUT2D eigenvalue weighted by Gasteiger charge is 2.30. The van der Waals surface area contributed by atoms with Crippen molar-refractivity contribution in [3.05, 3.63) is 64.7 Å². The van der Waals surface area contributed by atoms with Crippen LogP contribution >= 0.6 is 11.6 Å². The first-order valence-corrected chi connectivity index (χ1v) is 7.42. The van der Waals surface area contributed by atoms with E-state index in [2.05, 4.69) is 18.3 Å². The highest BCUT2D eigenvalue weighted by atomic mass is 35.5. The minimum atomic E-state index is -0.0533. The fourth-order valence-electron chi connectivity index (χ4n) is 2.74. The van der Waals surface area contributed by atoms with Gasteiger partial charge in [0.25, 0.3) is 0 Å². The molecule has 21 heavy (non-hydrogen) atoms. The zero-order valence-electron chi connectivity index (χ0n) is 11.8. The molecule has 1 atom stereocenters. The topological polar surface area (TPSA) is 32.3 Å². The number of anilines is 1. The van der Waals surface area contributed by atoms with E-state index in [0.717, 1.165) is 17.7 Å². The Morgan fingerprint density at radius 2 is 1.95 bits per heavy atom. The average molecular weight is 301 g/mol. The summed E-state index contributed by atoms with van der Waals surface area (Å²) in [5.41, 5.74) is 3.28. The van der Waals surface area contributed by atoms with Crippen molar-refractivity contribution in [3.63, 3.8) is 0 Å². The van der Waals surface area contributed by atoms with E-state index in [1.165, 1.54) is 5.56 Å². The lowest BCUT2D eigenvalue weighted by Crippen LogP contribution is -2.42. The van der Waals surface area contributed by atoms with Crippen LogP contribution in [0.3, 0.4) is 0 Å². The maximum Gasteiger partial charge on any atom is 0.322 e. The van der Waals surface area contributed by atoms with Gasteiger partial charge in [-0.1, -0.05) is 41.9 Å². The van der Waals surface area contributed by atoms with Crippen LogP contribution in [0.5, 0.6) is 0 Å². The lowest BCUT2D eigenvalue weighted by atomic mass is 10.1. The first-order valence-electron chi connectivity index (χ1n) is 7.04. The van der Waals surface area contributed by atoms with Gasteiger partial charge in [0.2, 0.25) is 0 Å². The van der Waals surface area contributed by atoms with Crippen LogP contribution in [-0.4, -0.2) is 12.1 Å². The van der Waals surface area contributed by atoms with Crippen LogP contribution in [0.25, 0.3) is 0 Å². The van der Waals surface area contributed by atoms with Crippen molar-refractivity contribution in [1.82, 2.24) is 5.32 Å². The number of carbonyl (C=O) groups excluding carboxylic acids is 1. The molecule has 0 saturated heterocycles. The quantitative estimate of drug-likeness (QED) is 0.893. The Morgan fingerprint density at radius 3 is 2.71 bits per heavy atom. The molecule has 0 aliphatic carbocycles. The van der Waals surface area contributed by atoms with Crippen molar-refractivity contribution in [2.45, 2.75) is 25.9 Å². The number of hydrogen-bond acceptors (Lipinski definition) is 1. The Bertz CT molecular complexity index is 654. The third-order valence-corrected chi connectivity index (χ3v) is 4.04. The van der Waals surface area contributed by atoms with Crippen molar-refractivity contribution in [2.24, 2.45) is 0 Å². The zero-order valence-corrected chi connectivity index (χ0v) is 12.6. The van der Waals surface area contributed by atoms with E-state index in [0.29, 0.717) is 11.6 Å². The SMILES string of the molecule is CC1Cc2ccccc2N1C(=O)NCc1ccc(Cl)cc1. The molecular weight excluding hydrogens is 284 g/mol. The molecule has 108 valence electrons. The monoisotopic (exact) mass is 300 g/mol. The van der Waals surface area contributed by atoms with Gasteiger partial charge in [0.15, 0.2) is 0 Å². The average Bonchev–Trinajstić information content (AvgIpc) is 2.82. The fraction of sp³-hybridized carbons (Fsp3) is 0.235. The van der Waals surface area contributed by atoms with Gasteiger partial charge in [-0.2, -0.15) is 0 Å². The second kappa shape index (κ2) is 5.78. The van der Waals surface area contributed by atoms with Gasteiger partial charge in [-0.25, -0.2) is 4.79 Å². The number of nitrogens with zero attached hydrogens (tertiary/aromatic N) is 1. The number of urea groups is 1. The maximum absolute atomic E-state index is 12.4. The van der Waals surface area contributed by atoms with Crippen LogP contribution in [0, 0.1) is 0 Å². The molecule has 3 rings (SSSR count). The van der Waals surface area contributed by atoms with E-state index in [1.54, 1.807) is 0 Å². The number of hydrogen-bond donors (Lipinski definition) is 1. The Hall–Kier alpha value is -2.00. The molecule has 1 N–H and O–H groups in total. The van der Waals surface area contributed by atoms with Gasteiger partial charge in [-0.3, -0.25) is 4.90 Å². The Kier molecular flexibility index (Phi) is 3.84. The molecule has 3 nitrogen and oxygen atoms in total. The third kappa shape index (κ3) is 2.88. The van der Waals surface area contributed by atoms with Crippen LogP contribution in [0.2, 0.25) is 5.02 Å². The number of amides is 2. The number of halogens is 1. The fourth-order valence-corrected chi connectivity index (χ4v) is 2.87. The molecule has 0 aromatic heterocycles. The molecule has 1 heterocycles.